The van der Waals surface area contributed by atoms with Crippen molar-refractivity contribution in [3.8, 4) is 17.2 Å². The number of urea groups is 1. The number of carbonyl (C=O) groups is 1. The Morgan fingerprint density at radius 1 is 0.925 bits per heavy atom. The number of hydrogen-bond acceptors (Lipinski definition) is 8. The number of nitrogens with one attached hydrogen (secondary N) is 3. The maximum Gasteiger partial charge on any atom is 0.320 e. The fourth-order valence-electron chi connectivity index (χ4n) is 7.58. The van der Waals surface area contributed by atoms with Crippen LogP contribution in [0.4, 0.5) is 16.6 Å². The largest absolute Gasteiger partial charge is 0.487 e. The average molecular weight is 738 g/mol. The minimum absolute atomic E-state index is 0.0426. The Kier molecular flexibility index (Phi) is 9.91. The number of carbonyl (C=O) groups excluding carboxylic acids is 1. The first-order valence-corrected chi connectivity index (χ1v) is 19.3. The Morgan fingerprint density at radius 3 is 2.55 bits per heavy atom. The van der Waals surface area contributed by atoms with Gasteiger partial charge in [0.1, 0.15) is 29.5 Å². The van der Waals surface area contributed by atoms with Gasteiger partial charge in [-0.15, -0.1) is 10.2 Å². The van der Waals surface area contributed by atoms with E-state index >= 15 is 0 Å². The fraction of sp³-hybridized carbons (Fsp3) is 0.450. The van der Waals surface area contributed by atoms with Crippen LogP contribution in [0.25, 0.3) is 11.3 Å². The van der Waals surface area contributed by atoms with E-state index in [0.29, 0.717) is 23.0 Å². The Hall–Kier alpha value is -4.81. The van der Waals surface area contributed by atoms with Crippen LogP contribution >= 0.6 is 11.6 Å². The summed E-state index contributed by atoms with van der Waals surface area (Å²) in [4.78, 5) is 16.1. The van der Waals surface area contributed by atoms with E-state index in [1.807, 2.05) is 59.1 Å². The molecule has 1 aliphatic carbocycles. The Labute approximate surface area is 315 Å². The van der Waals surface area contributed by atoms with Gasteiger partial charge in [-0.1, -0.05) is 56.6 Å². The van der Waals surface area contributed by atoms with E-state index < -0.39 is 0 Å². The van der Waals surface area contributed by atoms with Crippen molar-refractivity contribution in [2.75, 3.05) is 36.4 Å². The summed E-state index contributed by atoms with van der Waals surface area (Å²) in [6, 6.07) is 19.2. The minimum Gasteiger partial charge on any atom is -0.487 e. The second kappa shape index (κ2) is 14.9. The van der Waals surface area contributed by atoms with Gasteiger partial charge < -0.3 is 25.0 Å². The molecule has 5 heterocycles. The standard InChI is InChI=1S/C40H48ClN9O3/c1-40(2,3)35-23-37(50(47-35)26-13-15-31(41)34(22-26)52-27-10-9-19-42-24-27)44-38(51)43-32-16-17-33(30-12-6-5-11-29(30)32)53-28-14-18-36-45-46-39(49(36)25-28)48-20-7-4-8-21-48/h5-6,11-15,18,22-23,25,27,32-33,42H,4,7-10,16-17,19-21,24H2,1-3H3,(H2,43,44,51)/t27-,32+,33-/m1/s1. The molecule has 0 radical (unpaired) electrons. The third kappa shape index (κ3) is 7.66. The van der Waals surface area contributed by atoms with Crippen molar-refractivity contribution in [2.45, 2.75) is 89.4 Å². The number of ether oxygens (including phenoxy) is 2. The number of anilines is 2. The predicted octanol–water partition coefficient (Wildman–Crippen LogP) is 7.76. The summed E-state index contributed by atoms with van der Waals surface area (Å²) in [6.07, 6.45) is 8.92. The van der Waals surface area contributed by atoms with Crippen molar-refractivity contribution >= 4 is 35.0 Å². The van der Waals surface area contributed by atoms with E-state index in [2.05, 4.69) is 64.0 Å². The number of nitrogens with zero attached hydrogens (tertiary/aromatic N) is 6. The molecule has 0 unspecified atom stereocenters. The molecule has 0 spiro atoms. The predicted molar refractivity (Wildman–Crippen MR) is 207 cm³/mol. The lowest BCUT2D eigenvalue weighted by Gasteiger charge is -2.32. The number of piperidine rings is 2. The molecule has 2 saturated heterocycles. The summed E-state index contributed by atoms with van der Waals surface area (Å²) in [5, 5.41) is 24.1. The number of amides is 2. The van der Waals surface area contributed by atoms with Gasteiger partial charge in [-0.05, 0) is 86.9 Å². The Balaban J connectivity index is 0.993. The molecule has 0 bridgehead atoms. The van der Waals surface area contributed by atoms with Crippen molar-refractivity contribution in [1.29, 1.82) is 0 Å². The van der Waals surface area contributed by atoms with Crippen LogP contribution < -0.4 is 30.3 Å². The second-order valence-corrected chi connectivity index (χ2v) is 15.8. The fourth-order valence-corrected chi connectivity index (χ4v) is 7.75. The zero-order valence-electron chi connectivity index (χ0n) is 30.6. The molecule has 3 aliphatic rings. The first-order valence-electron chi connectivity index (χ1n) is 18.9. The van der Waals surface area contributed by atoms with Crippen molar-refractivity contribution < 1.29 is 14.3 Å². The highest BCUT2D eigenvalue weighted by Crippen LogP contribution is 2.39. The normalized spacial score (nSPS) is 20.5. The van der Waals surface area contributed by atoms with Crippen LogP contribution in [0.1, 0.15) is 94.7 Å². The molecule has 13 heteroatoms. The van der Waals surface area contributed by atoms with E-state index in [4.69, 9.17) is 26.2 Å². The van der Waals surface area contributed by atoms with E-state index in [1.165, 1.54) is 6.42 Å². The molecule has 2 aliphatic heterocycles. The third-order valence-electron chi connectivity index (χ3n) is 10.4. The van der Waals surface area contributed by atoms with Gasteiger partial charge in [-0.25, -0.2) is 9.48 Å². The molecule has 2 fully saturated rings. The van der Waals surface area contributed by atoms with E-state index in [1.54, 1.807) is 4.68 Å². The van der Waals surface area contributed by atoms with Gasteiger partial charge in [0.25, 0.3) is 0 Å². The molecule has 2 aromatic carbocycles. The van der Waals surface area contributed by atoms with E-state index in [-0.39, 0.29) is 29.7 Å². The van der Waals surface area contributed by atoms with Crippen LogP contribution in [-0.2, 0) is 5.41 Å². The molecule has 12 nitrogen and oxygen atoms in total. The second-order valence-electron chi connectivity index (χ2n) is 15.4. The molecule has 2 amide bonds. The zero-order valence-corrected chi connectivity index (χ0v) is 31.4. The summed E-state index contributed by atoms with van der Waals surface area (Å²) in [5.74, 6) is 2.77. The van der Waals surface area contributed by atoms with E-state index in [0.717, 1.165) is 98.1 Å². The average Bonchev–Trinajstić information content (AvgIpc) is 3.79. The SMILES string of the molecule is CC(C)(C)c1cc(NC(=O)N[C@H]2CC[C@@H](Oc3ccc4nnc(N5CCCCC5)n4c3)c3ccccc32)n(-c2ccc(Cl)c(O[C@@H]3CCCNC3)c2)n1. The smallest absolute Gasteiger partial charge is 0.320 e. The molecule has 3 aromatic heterocycles. The van der Waals surface area contributed by atoms with Crippen LogP contribution in [0.3, 0.4) is 0 Å². The van der Waals surface area contributed by atoms with Crippen LogP contribution in [0.5, 0.6) is 11.5 Å². The maximum atomic E-state index is 13.8. The molecule has 53 heavy (non-hydrogen) atoms. The zero-order chi connectivity index (χ0) is 36.5. The Bertz CT molecular complexity index is 2080. The summed E-state index contributed by atoms with van der Waals surface area (Å²) in [6.45, 7) is 10.1. The summed E-state index contributed by atoms with van der Waals surface area (Å²) in [5.41, 5.74) is 4.25. The molecule has 0 saturated carbocycles. The lowest BCUT2D eigenvalue weighted by atomic mass is 9.85. The number of pyridine rings is 1. The lowest BCUT2D eigenvalue weighted by Crippen LogP contribution is -2.37. The minimum atomic E-state index is -0.312. The van der Waals surface area contributed by atoms with Gasteiger partial charge in [-0.2, -0.15) is 5.10 Å². The first kappa shape index (κ1) is 35.2. The highest BCUT2D eigenvalue weighted by atomic mass is 35.5. The number of rotatable bonds is 8. The van der Waals surface area contributed by atoms with Gasteiger partial charge in [0, 0.05) is 37.2 Å². The topological polar surface area (TPSA) is 123 Å². The van der Waals surface area contributed by atoms with Crippen LogP contribution in [0.15, 0.2) is 66.9 Å². The molecular formula is C40H48ClN9O3. The van der Waals surface area contributed by atoms with Crippen molar-refractivity contribution in [3.05, 3.63) is 88.7 Å². The van der Waals surface area contributed by atoms with E-state index in [9.17, 15) is 4.79 Å². The lowest BCUT2D eigenvalue weighted by molar-refractivity contribution is 0.167. The van der Waals surface area contributed by atoms with Crippen LogP contribution in [0.2, 0.25) is 5.02 Å². The van der Waals surface area contributed by atoms with Gasteiger partial charge in [0.15, 0.2) is 5.65 Å². The van der Waals surface area contributed by atoms with Crippen molar-refractivity contribution in [1.82, 2.24) is 35.0 Å². The molecule has 3 N–H and O–H groups in total. The molecular weight excluding hydrogens is 690 g/mol. The maximum absolute atomic E-state index is 13.8. The number of aromatic nitrogens is 5. The van der Waals surface area contributed by atoms with Gasteiger partial charge in [0.05, 0.1) is 28.6 Å². The molecule has 5 aromatic rings. The molecule has 278 valence electrons. The summed E-state index contributed by atoms with van der Waals surface area (Å²) < 4.78 is 16.8. The number of benzene rings is 2. The number of hydrogen-bond donors (Lipinski definition) is 3. The van der Waals surface area contributed by atoms with Crippen molar-refractivity contribution in [2.24, 2.45) is 0 Å². The third-order valence-corrected chi connectivity index (χ3v) is 10.8. The van der Waals surface area contributed by atoms with Gasteiger partial charge >= 0.3 is 6.03 Å². The number of fused-ring (bicyclic) bond motifs is 2. The molecule has 3 atom stereocenters. The van der Waals surface area contributed by atoms with Crippen LogP contribution in [-0.4, -0.2) is 62.7 Å². The van der Waals surface area contributed by atoms with Crippen LogP contribution in [0, 0.1) is 0 Å². The Morgan fingerprint density at radius 2 is 1.75 bits per heavy atom. The van der Waals surface area contributed by atoms with Gasteiger partial charge in [-0.3, -0.25) is 9.72 Å². The monoisotopic (exact) mass is 737 g/mol. The highest BCUT2D eigenvalue weighted by molar-refractivity contribution is 6.32. The summed E-state index contributed by atoms with van der Waals surface area (Å²) in [7, 11) is 0. The van der Waals surface area contributed by atoms with Gasteiger partial charge in [0.2, 0.25) is 5.95 Å². The quantitative estimate of drug-likeness (QED) is 0.148. The summed E-state index contributed by atoms with van der Waals surface area (Å²) >= 11 is 6.59. The number of halogens is 1. The highest BCUT2D eigenvalue weighted by Gasteiger charge is 2.31. The first-order chi connectivity index (χ1) is 25.7. The van der Waals surface area contributed by atoms with Crippen molar-refractivity contribution in [3.63, 3.8) is 0 Å². The molecule has 8 rings (SSSR count).